The Hall–Kier alpha value is -0.840. The monoisotopic (exact) mass is 315 g/mol. The van der Waals surface area contributed by atoms with E-state index in [1.54, 1.807) is 4.68 Å². The fourth-order valence-electron chi connectivity index (χ4n) is 1.89. The van der Waals surface area contributed by atoms with Gasteiger partial charge in [0.2, 0.25) is 0 Å². The first-order valence-corrected chi connectivity index (χ1v) is 7.60. The minimum absolute atomic E-state index is 0.0681. The fraction of sp³-hybridized carbons (Fsp3) is 0.692. The van der Waals surface area contributed by atoms with Gasteiger partial charge >= 0.3 is 0 Å². The van der Waals surface area contributed by atoms with Gasteiger partial charge in [0.25, 0.3) is 5.91 Å². The van der Waals surface area contributed by atoms with Gasteiger partial charge in [0, 0.05) is 24.5 Å². The number of aryl methyl sites for hydroxylation is 2. The molecule has 0 aliphatic carbocycles. The van der Waals surface area contributed by atoms with Gasteiger partial charge in [-0.05, 0) is 33.3 Å². The van der Waals surface area contributed by atoms with Gasteiger partial charge < -0.3 is 4.90 Å². The third kappa shape index (κ3) is 3.34. The molecule has 4 nitrogen and oxygen atoms in total. The Balaban J connectivity index is 3.03. The van der Waals surface area contributed by atoms with Crippen LogP contribution in [0.3, 0.4) is 0 Å². The number of amides is 1. The van der Waals surface area contributed by atoms with E-state index in [2.05, 4.69) is 28.0 Å². The average molecular weight is 316 g/mol. The molecule has 5 heteroatoms. The quantitative estimate of drug-likeness (QED) is 0.757. The van der Waals surface area contributed by atoms with Gasteiger partial charge in [-0.15, -0.1) is 0 Å². The van der Waals surface area contributed by atoms with Crippen LogP contribution in [0.25, 0.3) is 0 Å². The molecule has 0 saturated heterocycles. The molecular formula is C13H22BrN3O. The smallest absolute Gasteiger partial charge is 0.272 e. The summed E-state index contributed by atoms with van der Waals surface area (Å²) in [5, 5.41) is 5.22. The van der Waals surface area contributed by atoms with Crippen LogP contribution in [-0.4, -0.2) is 38.5 Å². The fourth-order valence-corrected chi connectivity index (χ4v) is 2.27. The summed E-state index contributed by atoms with van der Waals surface area (Å²) in [5.74, 6) is 0.0681. The number of halogens is 1. The minimum Gasteiger partial charge on any atom is -0.334 e. The normalized spacial score (nSPS) is 11.0. The summed E-state index contributed by atoms with van der Waals surface area (Å²) in [6.45, 7) is 9.57. The molecule has 0 atom stereocenters. The molecule has 1 aromatic rings. The minimum atomic E-state index is 0.0681. The summed E-state index contributed by atoms with van der Waals surface area (Å²) >= 11 is 3.40. The first-order valence-electron chi connectivity index (χ1n) is 6.48. The van der Waals surface area contributed by atoms with Gasteiger partial charge in [-0.1, -0.05) is 22.9 Å². The van der Waals surface area contributed by atoms with Crippen molar-refractivity contribution in [3.8, 4) is 0 Å². The Kier molecular flexibility index (Phi) is 5.85. The van der Waals surface area contributed by atoms with E-state index < -0.39 is 0 Å². The van der Waals surface area contributed by atoms with Crippen molar-refractivity contribution >= 4 is 21.8 Å². The topological polar surface area (TPSA) is 38.1 Å². The molecule has 102 valence electrons. The highest BCUT2D eigenvalue weighted by Crippen LogP contribution is 2.12. The second-order valence-corrected chi connectivity index (χ2v) is 5.26. The van der Waals surface area contributed by atoms with E-state index in [9.17, 15) is 4.79 Å². The second kappa shape index (κ2) is 6.92. The molecular weight excluding hydrogens is 294 g/mol. The molecule has 0 N–H and O–H groups in total. The Morgan fingerprint density at radius 1 is 1.50 bits per heavy atom. The zero-order chi connectivity index (χ0) is 13.7. The van der Waals surface area contributed by atoms with E-state index >= 15 is 0 Å². The molecule has 0 aliphatic heterocycles. The van der Waals surface area contributed by atoms with E-state index in [4.69, 9.17) is 0 Å². The van der Waals surface area contributed by atoms with E-state index in [0.717, 1.165) is 24.0 Å². The molecule has 1 amide bonds. The molecule has 0 spiro atoms. The third-order valence-electron chi connectivity index (χ3n) is 2.92. The van der Waals surface area contributed by atoms with Gasteiger partial charge in [-0.3, -0.25) is 9.48 Å². The zero-order valence-corrected chi connectivity index (χ0v) is 13.2. The van der Waals surface area contributed by atoms with Crippen molar-refractivity contribution in [1.29, 1.82) is 0 Å². The van der Waals surface area contributed by atoms with Gasteiger partial charge in [0.15, 0.2) is 0 Å². The molecule has 0 aromatic carbocycles. The van der Waals surface area contributed by atoms with Crippen LogP contribution < -0.4 is 0 Å². The van der Waals surface area contributed by atoms with E-state index in [-0.39, 0.29) is 11.9 Å². The van der Waals surface area contributed by atoms with Gasteiger partial charge in [0.05, 0.1) is 5.69 Å². The summed E-state index contributed by atoms with van der Waals surface area (Å²) in [6, 6.07) is 2.11. The number of carbonyl (C=O) groups is 1. The van der Waals surface area contributed by atoms with Crippen LogP contribution in [-0.2, 0) is 13.0 Å². The maximum atomic E-state index is 12.5. The summed E-state index contributed by atoms with van der Waals surface area (Å²) in [4.78, 5) is 14.4. The lowest BCUT2D eigenvalue weighted by molar-refractivity contribution is 0.0706. The molecule has 1 heterocycles. The average Bonchev–Trinajstić information content (AvgIpc) is 2.78. The highest BCUT2D eigenvalue weighted by molar-refractivity contribution is 9.09. The summed E-state index contributed by atoms with van der Waals surface area (Å²) in [6.07, 6.45) is 0.855. The van der Waals surface area contributed by atoms with Gasteiger partial charge in [-0.2, -0.15) is 5.10 Å². The van der Waals surface area contributed by atoms with Crippen molar-refractivity contribution in [2.24, 2.45) is 0 Å². The predicted molar refractivity (Wildman–Crippen MR) is 77.2 cm³/mol. The molecule has 0 aliphatic rings. The van der Waals surface area contributed by atoms with Crippen LogP contribution in [0.2, 0.25) is 0 Å². The number of hydrogen-bond donors (Lipinski definition) is 0. The van der Waals surface area contributed by atoms with Crippen molar-refractivity contribution in [2.75, 3.05) is 11.9 Å². The Bertz CT molecular complexity index is 401. The molecule has 0 unspecified atom stereocenters. The highest BCUT2D eigenvalue weighted by Gasteiger charge is 2.22. The summed E-state index contributed by atoms with van der Waals surface area (Å²) < 4.78 is 1.80. The second-order valence-electron chi connectivity index (χ2n) is 4.47. The van der Waals surface area contributed by atoms with Gasteiger partial charge in [-0.25, -0.2) is 0 Å². The highest BCUT2D eigenvalue weighted by atomic mass is 79.9. The van der Waals surface area contributed by atoms with Crippen molar-refractivity contribution in [2.45, 2.75) is 46.7 Å². The van der Waals surface area contributed by atoms with Crippen molar-refractivity contribution in [3.63, 3.8) is 0 Å². The van der Waals surface area contributed by atoms with Crippen LogP contribution in [0.5, 0.6) is 0 Å². The zero-order valence-electron chi connectivity index (χ0n) is 11.6. The van der Waals surface area contributed by atoms with E-state index in [0.29, 0.717) is 12.2 Å². The number of nitrogens with zero attached hydrogens (tertiary/aromatic N) is 3. The molecule has 0 radical (unpaired) electrons. The number of hydrogen-bond acceptors (Lipinski definition) is 2. The van der Waals surface area contributed by atoms with Crippen molar-refractivity contribution in [3.05, 3.63) is 17.5 Å². The molecule has 0 bridgehead atoms. The van der Waals surface area contributed by atoms with Crippen LogP contribution in [0, 0.1) is 0 Å². The summed E-state index contributed by atoms with van der Waals surface area (Å²) in [5.41, 5.74) is 1.67. The van der Waals surface area contributed by atoms with Crippen molar-refractivity contribution in [1.82, 2.24) is 14.7 Å². The molecule has 18 heavy (non-hydrogen) atoms. The maximum absolute atomic E-state index is 12.5. The summed E-state index contributed by atoms with van der Waals surface area (Å²) in [7, 11) is 0. The largest absolute Gasteiger partial charge is 0.334 e. The first kappa shape index (κ1) is 15.2. The van der Waals surface area contributed by atoms with Crippen molar-refractivity contribution < 1.29 is 4.79 Å². The number of rotatable bonds is 6. The van der Waals surface area contributed by atoms with E-state index in [1.807, 2.05) is 31.7 Å². The first-order chi connectivity index (χ1) is 8.54. The van der Waals surface area contributed by atoms with E-state index in [1.165, 1.54) is 0 Å². The Labute approximate surface area is 117 Å². The lowest BCUT2D eigenvalue weighted by Gasteiger charge is -2.26. The van der Waals surface area contributed by atoms with Crippen LogP contribution in [0.1, 0.15) is 43.9 Å². The maximum Gasteiger partial charge on any atom is 0.272 e. The SMILES string of the molecule is CCc1cc(C(=O)N(CCBr)C(C)C)n(CC)n1. The molecule has 0 saturated carbocycles. The molecule has 0 fully saturated rings. The van der Waals surface area contributed by atoms with Crippen LogP contribution in [0.4, 0.5) is 0 Å². The third-order valence-corrected chi connectivity index (χ3v) is 3.28. The lowest BCUT2D eigenvalue weighted by Crippen LogP contribution is -2.39. The molecule has 1 rings (SSSR count). The Morgan fingerprint density at radius 3 is 2.61 bits per heavy atom. The number of aromatic nitrogens is 2. The van der Waals surface area contributed by atoms with Crippen LogP contribution in [0.15, 0.2) is 6.07 Å². The standard InChI is InChI=1S/C13H22BrN3O/c1-5-11-9-12(17(6-2)15-11)13(18)16(8-7-14)10(3)4/h9-10H,5-8H2,1-4H3. The predicted octanol–water partition coefficient (Wildman–Crippen LogP) is 2.71. The Morgan fingerprint density at radius 2 is 2.17 bits per heavy atom. The number of carbonyl (C=O) groups excluding carboxylic acids is 1. The lowest BCUT2D eigenvalue weighted by atomic mass is 10.2. The number of alkyl halides is 1. The van der Waals surface area contributed by atoms with Crippen LogP contribution >= 0.6 is 15.9 Å². The molecule has 1 aromatic heterocycles. The van der Waals surface area contributed by atoms with Gasteiger partial charge in [0.1, 0.15) is 5.69 Å².